The van der Waals surface area contributed by atoms with Crippen LogP contribution in [0.25, 0.3) is 0 Å². The van der Waals surface area contributed by atoms with Gasteiger partial charge in [-0.25, -0.2) is 0 Å². The van der Waals surface area contributed by atoms with Gasteiger partial charge in [0.2, 0.25) is 0 Å². The summed E-state index contributed by atoms with van der Waals surface area (Å²) in [6, 6.07) is 0. The van der Waals surface area contributed by atoms with E-state index in [9.17, 15) is 0 Å². The van der Waals surface area contributed by atoms with Crippen LogP contribution in [0.4, 0.5) is 0 Å². The molecule has 0 spiro atoms. The van der Waals surface area contributed by atoms with Gasteiger partial charge in [0, 0.05) is 7.11 Å². The SMILES string of the molecule is C1CCCC1.CO. The number of aliphatic hydroxyl groups excluding tert-OH is 1. The first-order chi connectivity index (χ1) is 3.50. The minimum absolute atomic E-state index is 1.00. The van der Waals surface area contributed by atoms with Gasteiger partial charge < -0.3 is 5.11 Å². The van der Waals surface area contributed by atoms with E-state index in [4.69, 9.17) is 5.11 Å². The van der Waals surface area contributed by atoms with E-state index in [1.807, 2.05) is 0 Å². The van der Waals surface area contributed by atoms with Crippen LogP contribution in [0.15, 0.2) is 0 Å². The normalized spacial score (nSPS) is 18.0. The van der Waals surface area contributed by atoms with Gasteiger partial charge in [-0.15, -0.1) is 0 Å². The van der Waals surface area contributed by atoms with Crippen molar-refractivity contribution in [3.05, 3.63) is 0 Å². The van der Waals surface area contributed by atoms with Crippen LogP contribution in [0.3, 0.4) is 0 Å². The minimum Gasteiger partial charge on any atom is -0.400 e. The quantitative estimate of drug-likeness (QED) is 0.492. The maximum Gasteiger partial charge on any atom is 0.0319 e. The predicted molar refractivity (Wildman–Crippen MR) is 31.2 cm³/mol. The second-order valence-electron chi connectivity index (χ2n) is 1.77. The Morgan fingerprint density at radius 1 is 0.714 bits per heavy atom. The molecule has 1 aliphatic rings. The lowest BCUT2D eigenvalue weighted by Gasteiger charge is -1.67. The lowest BCUT2D eigenvalue weighted by atomic mass is 10.4. The number of hydrogen-bond acceptors (Lipinski definition) is 1. The van der Waals surface area contributed by atoms with Crippen molar-refractivity contribution >= 4 is 0 Å². The second-order valence-corrected chi connectivity index (χ2v) is 1.77. The molecule has 0 amide bonds. The molecule has 0 unspecified atom stereocenters. The van der Waals surface area contributed by atoms with Crippen molar-refractivity contribution in [2.24, 2.45) is 0 Å². The highest BCUT2D eigenvalue weighted by atomic mass is 16.2. The molecule has 0 saturated heterocycles. The van der Waals surface area contributed by atoms with Crippen molar-refractivity contribution in [3.8, 4) is 0 Å². The standard InChI is InChI=1S/C5H10.CH4O/c1-2-4-5-3-1;1-2/h1-5H2;2H,1H3. The summed E-state index contributed by atoms with van der Waals surface area (Å²) in [6.07, 6.45) is 7.50. The van der Waals surface area contributed by atoms with Crippen LogP contribution in [-0.4, -0.2) is 12.2 Å². The summed E-state index contributed by atoms with van der Waals surface area (Å²) in [4.78, 5) is 0. The highest BCUT2D eigenvalue weighted by molar-refractivity contribution is 4.51. The summed E-state index contributed by atoms with van der Waals surface area (Å²) in [5.41, 5.74) is 0. The Labute approximate surface area is 45.4 Å². The van der Waals surface area contributed by atoms with Crippen LogP contribution in [0.5, 0.6) is 0 Å². The molecule has 1 fully saturated rings. The third kappa shape index (κ3) is 3.80. The van der Waals surface area contributed by atoms with Crippen molar-refractivity contribution in [2.45, 2.75) is 32.1 Å². The van der Waals surface area contributed by atoms with E-state index in [2.05, 4.69) is 0 Å². The van der Waals surface area contributed by atoms with E-state index in [-0.39, 0.29) is 0 Å². The molecule has 0 aromatic heterocycles. The molecule has 0 heterocycles. The summed E-state index contributed by atoms with van der Waals surface area (Å²) < 4.78 is 0. The van der Waals surface area contributed by atoms with Crippen molar-refractivity contribution < 1.29 is 5.11 Å². The molecule has 1 saturated carbocycles. The number of hydrogen-bond donors (Lipinski definition) is 1. The third-order valence-electron chi connectivity index (χ3n) is 1.25. The van der Waals surface area contributed by atoms with Crippen LogP contribution < -0.4 is 0 Å². The van der Waals surface area contributed by atoms with E-state index in [0.717, 1.165) is 7.11 Å². The van der Waals surface area contributed by atoms with Gasteiger partial charge in [-0.05, 0) is 0 Å². The molecular formula is C6H14O. The highest BCUT2D eigenvalue weighted by Crippen LogP contribution is 2.15. The van der Waals surface area contributed by atoms with Gasteiger partial charge in [0.1, 0.15) is 0 Å². The Balaban J connectivity index is 0.000000162. The van der Waals surface area contributed by atoms with Crippen LogP contribution >= 0.6 is 0 Å². The fourth-order valence-corrected chi connectivity index (χ4v) is 0.884. The molecule has 0 aromatic rings. The average Bonchev–Trinajstić information content (AvgIpc) is 2.23. The molecule has 1 heteroatoms. The Hall–Kier alpha value is -0.0400. The fourth-order valence-electron chi connectivity index (χ4n) is 0.884. The number of rotatable bonds is 0. The lowest BCUT2D eigenvalue weighted by Crippen LogP contribution is -1.47. The minimum atomic E-state index is 1.00. The molecule has 1 N–H and O–H groups in total. The zero-order chi connectivity index (χ0) is 5.54. The summed E-state index contributed by atoms with van der Waals surface area (Å²) in [5, 5.41) is 7.00. The Kier molecular flexibility index (Phi) is 5.93. The maximum atomic E-state index is 7.00. The average molecular weight is 102 g/mol. The molecule has 1 nitrogen and oxygen atoms in total. The predicted octanol–water partition coefficient (Wildman–Crippen LogP) is 1.56. The Morgan fingerprint density at radius 2 is 0.857 bits per heavy atom. The lowest BCUT2D eigenvalue weighted by molar-refractivity contribution is 0.399. The molecule has 0 bridgehead atoms. The topological polar surface area (TPSA) is 20.2 Å². The van der Waals surface area contributed by atoms with E-state index >= 15 is 0 Å². The largest absolute Gasteiger partial charge is 0.400 e. The molecule has 0 aromatic carbocycles. The molecule has 0 radical (unpaired) electrons. The molecular weight excluding hydrogens is 88.1 g/mol. The first-order valence-electron chi connectivity index (χ1n) is 2.95. The van der Waals surface area contributed by atoms with Crippen molar-refractivity contribution in [1.82, 2.24) is 0 Å². The fraction of sp³-hybridized carbons (Fsp3) is 1.00. The van der Waals surface area contributed by atoms with E-state index in [1.54, 1.807) is 0 Å². The molecule has 0 aliphatic heterocycles. The van der Waals surface area contributed by atoms with Gasteiger partial charge in [-0.2, -0.15) is 0 Å². The molecule has 1 rings (SSSR count). The summed E-state index contributed by atoms with van der Waals surface area (Å²) in [7, 11) is 1.00. The van der Waals surface area contributed by atoms with E-state index in [1.165, 1.54) is 32.1 Å². The monoisotopic (exact) mass is 102 g/mol. The van der Waals surface area contributed by atoms with Gasteiger partial charge in [-0.1, -0.05) is 32.1 Å². The van der Waals surface area contributed by atoms with Crippen LogP contribution in [0.1, 0.15) is 32.1 Å². The molecule has 0 atom stereocenters. The molecule has 44 valence electrons. The molecule has 1 aliphatic carbocycles. The van der Waals surface area contributed by atoms with Gasteiger partial charge in [0.05, 0.1) is 0 Å². The van der Waals surface area contributed by atoms with Gasteiger partial charge in [0.25, 0.3) is 0 Å². The van der Waals surface area contributed by atoms with Crippen molar-refractivity contribution in [3.63, 3.8) is 0 Å². The third-order valence-corrected chi connectivity index (χ3v) is 1.25. The van der Waals surface area contributed by atoms with Crippen LogP contribution in [-0.2, 0) is 0 Å². The Bertz CT molecular complexity index is 15.8. The first kappa shape index (κ1) is 6.96. The van der Waals surface area contributed by atoms with Crippen LogP contribution in [0, 0.1) is 0 Å². The van der Waals surface area contributed by atoms with Crippen molar-refractivity contribution in [1.29, 1.82) is 0 Å². The summed E-state index contributed by atoms with van der Waals surface area (Å²) >= 11 is 0. The maximum absolute atomic E-state index is 7.00. The smallest absolute Gasteiger partial charge is 0.0319 e. The van der Waals surface area contributed by atoms with E-state index in [0.29, 0.717) is 0 Å². The highest BCUT2D eigenvalue weighted by Gasteiger charge is 1.95. The Morgan fingerprint density at radius 3 is 1.00 bits per heavy atom. The van der Waals surface area contributed by atoms with Crippen molar-refractivity contribution in [2.75, 3.05) is 7.11 Å². The first-order valence-corrected chi connectivity index (χ1v) is 2.95. The van der Waals surface area contributed by atoms with E-state index < -0.39 is 0 Å². The second kappa shape index (κ2) is 5.96. The number of aliphatic hydroxyl groups is 1. The van der Waals surface area contributed by atoms with Gasteiger partial charge in [0.15, 0.2) is 0 Å². The summed E-state index contributed by atoms with van der Waals surface area (Å²) in [6.45, 7) is 0. The summed E-state index contributed by atoms with van der Waals surface area (Å²) in [5.74, 6) is 0. The van der Waals surface area contributed by atoms with Gasteiger partial charge in [-0.3, -0.25) is 0 Å². The zero-order valence-electron chi connectivity index (χ0n) is 4.98. The zero-order valence-corrected chi connectivity index (χ0v) is 4.98. The van der Waals surface area contributed by atoms with Crippen LogP contribution in [0.2, 0.25) is 0 Å². The van der Waals surface area contributed by atoms with Gasteiger partial charge >= 0.3 is 0 Å². The molecule has 7 heavy (non-hydrogen) atoms.